The summed E-state index contributed by atoms with van der Waals surface area (Å²) < 4.78 is 0. The molecule has 5 nitrogen and oxygen atoms in total. The number of aromatic nitrogens is 2. The molecule has 2 saturated heterocycles. The summed E-state index contributed by atoms with van der Waals surface area (Å²) in [4.78, 5) is 25.5. The summed E-state index contributed by atoms with van der Waals surface area (Å²) in [5.74, 6) is 2.31. The highest BCUT2D eigenvalue weighted by atomic mass is 16.2. The van der Waals surface area contributed by atoms with Crippen molar-refractivity contribution in [1.29, 1.82) is 0 Å². The lowest BCUT2D eigenvalue weighted by Gasteiger charge is -2.31. The van der Waals surface area contributed by atoms with Crippen molar-refractivity contribution in [3.63, 3.8) is 0 Å². The van der Waals surface area contributed by atoms with Gasteiger partial charge in [-0.1, -0.05) is 13.8 Å². The molecule has 0 spiro atoms. The Labute approximate surface area is 132 Å². The second-order valence-electron chi connectivity index (χ2n) is 6.93. The topological polar surface area (TPSA) is 49.3 Å². The standard InChI is InChI=1S/C17H26N4O/c1-13-5-8-20(9-6-13)16-11-18-15(10-19-16)17(22)21-7-3-4-14(2)12-21/h10-11,13-14H,3-9,12H2,1-2H3. The molecular formula is C17H26N4O. The van der Waals surface area contributed by atoms with Gasteiger partial charge in [-0.2, -0.15) is 0 Å². The molecule has 0 radical (unpaired) electrons. The minimum atomic E-state index is 0.0258. The Morgan fingerprint density at radius 2 is 1.82 bits per heavy atom. The number of carbonyl (C=O) groups is 1. The number of carbonyl (C=O) groups excluding carboxylic acids is 1. The van der Waals surface area contributed by atoms with Crippen LogP contribution < -0.4 is 4.90 Å². The van der Waals surface area contributed by atoms with Crippen LogP contribution in [0.25, 0.3) is 0 Å². The maximum atomic E-state index is 12.5. The zero-order valence-corrected chi connectivity index (χ0v) is 13.7. The molecular weight excluding hydrogens is 276 g/mol. The Hall–Kier alpha value is -1.65. The Morgan fingerprint density at radius 1 is 1.05 bits per heavy atom. The third kappa shape index (κ3) is 3.39. The van der Waals surface area contributed by atoms with Crippen LogP contribution in [0.1, 0.15) is 50.0 Å². The molecule has 1 aromatic rings. The summed E-state index contributed by atoms with van der Waals surface area (Å²) in [7, 11) is 0. The van der Waals surface area contributed by atoms with E-state index in [1.807, 2.05) is 4.90 Å². The SMILES string of the molecule is CC1CCN(c2cnc(C(=O)N3CCCC(C)C3)cn2)CC1. The van der Waals surface area contributed by atoms with E-state index >= 15 is 0 Å². The van der Waals surface area contributed by atoms with Gasteiger partial charge < -0.3 is 9.80 Å². The first-order valence-electron chi connectivity index (χ1n) is 8.49. The fourth-order valence-corrected chi connectivity index (χ4v) is 3.37. The number of rotatable bonds is 2. The van der Waals surface area contributed by atoms with Crippen LogP contribution in [0.4, 0.5) is 5.82 Å². The highest BCUT2D eigenvalue weighted by molar-refractivity contribution is 5.92. The van der Waals surface area contributed by atoms with E-state index in [2.05, 4.69) is 28.7 Å². The van der Waals surface area contributed by atoms with Crippen molar-refractivity contribution in [3.8, 4) is 0 Å². The van der Waals surface area contributed by atoms with Gasteiger partial charge in [0.25, 0.3) is 5.91 Å². The van der Waals surface area contributed by atoms with E-state index in [9.17, 15) is 4.79 Å². The van der Waals surface area contributed by atoms with E-state index in [1.165, 1.54) is 19.3 Å². The number of amides is 1. The van der Waals surface area contributed by atoms with E-state index in [0.717, 1.165) is 44.3 Å². The molecule has 1 atom stereocenters. The molecule has 1 unspecified atom stereocenters. The summed E-state index contributed by atoms with van der Waals surface area (Å²) in [5.41, 5.74) is 0.475. The van der Waals surface area contributed by atoms with Crippen LogP contribution in [0, 0.1) is 11.8 Å². The van der Waals surface area contributed by atoms with Gasteiger partial charge in [0.2, 0.25) is 0 Å². The van der Waals surface area contributed by atoms with E-state index in [1.54, 1.807) is 12.4 Å². The van der Waals surface area contributed by atoms with Gasteiger partial charge in [-0.05, 0) is 37.5 Å². The highest BCUT2D eigenvalue weighted by Crippen LogP contribution is 2.21. The lowest BCUT2D eigenvalue weighted by Crippen LogP contribution is -2.39. The largest absolute Gasteiger partial charge is 0.355 e. The van der Waals surface area contributed by atoms with E-state index in [0.29, 0.717) is 11.6 Å². The zero-order valence-electron chi connectivity index (χ0n) is 13.7. The van der Waals surface area contributed by atoms with E-state index in [4.69, 9.17) is 0 Å². The molecule has 1 amide bonds. The quantitative estimate of drug-likeness (QED) is 0.842. The second kappa shape index (κ2) is 6.63. The van der Waals surface area contributed by atoms with Crippen LogP contribution in [-0.2, 0) is 0 Å². The van der Waals surface area contributed by atoms with Gasteiger partial charge in [0, 0.05) is 26.2 Å². The molecule has 0 bridgehead atoms. The normalized spacial score (nSPS) is 23.6. The number of likely N-dealkylation sites (tertiary alicyclic amines) is 1. The lowest BCUT2D eigenvalue weighted by molar-refractivity contribution is 0.0676. The van der Waals surface area contributed by atoms with Crippen molar-refractivity contribution in [2.45, 2.75) is 39.5 Å². The Balaban J connectivity index is 1.64. The number of hydrogen-bond donors (Lipinski definition) is 0. The monoisotopic (exact) mass is 302 g/mol. The van der Waals surface area contributed by atoms with E-state index in [-0.39, 0.29) is 5.91 Å². The number of nitrogens with zero attached hydrogens (tertiary/aromatic N) is 4. The van der Waals surface area contributed by atoms with Crippen molar-refractivity contribution in [2.75, 3.05) is 31.1 Å². The van der Waals surface area contributed by atoms with Crippen LogP contribution in [0.3, 0.4) is 0 Å². The minimum absolute atomic E-state index is 0.0258. The van der Waals surface area contributed by atoms with Gasteiger partial charge in [-0.15, -0.1) is 0 Å². The zero-order chi connectivity index (χ0) is 15.5. The van der Waals surface area contributed by atoms with Crippen molar-refractivity contribution >= 4 is 11.7 Å². The number of hydrogen-bond acceptors (Lipinski definition) is 4. The van der Waals surface area contributed by atoms with Crippen molar-refractivity contribution < 1.29 is 4.79 Å². The van der Waals surface area contributed by atoms with Gasteiger partial charge in [0.1, 0.15) is 11.5 Å². The molecule has 0 aliphatic carbocycles. The molecule has 120 valence electrons. The molecule has 2 fully saturated rings. The Kier molecular flexibility index (Phi) is 4.60. The Bertz CT molecular complexity index is 508. The molecule has 0 N–H and O–H groups in total. The Morgan fingerprint density at radius 3 is 2.45 bits per heavy atom. The summed E-state index contributed by atoms with van der Waals surface area (Å²) in [6.45, 7) is 8.25. The molecule has 22 heavy (non-hydrogen) atoms. The lowest BCUT2D eigenvalue weighted by atomic mass is 9.99. The van der Waals surface area contributed by atoms with E-state index < -0.39 is 0 Å². The predicted molar refractivity (Wildman–Crippen MR) is 86.9 cm³/mol. The van der Waals surface area contributed by atoms with Gasteiger partial charge in [-0.25, -0.2) is 9.97 Å². The fourth-order valence-electron chi connectivity index (χ4n) is 3.37. The maximum absolute atomic E-state index is 12.5. The van der Waals surface area contributed by atoms with Crippen molar-refractivity contribution in [2.24, 2.45) is 11.8 Å². The molecule has 3 rings (SSSR count). The first-order chi connectivity index (χ1) is 10.6. The van der Waals surface area contributed by atoms with Gasteiger partial charge in [-0.3, -0.25) is 4.79 Å². The van der Waals surface area contributed by atoms with Crippen LogP contribution in [0.5, 0.6) is 0 Å². The van der Waals surface area contributed by atoms with Crippen molar-refractivity contribution in [3.05, 3.63) is 18.1 Å². The smallest absolute Gasteiger partial charge is 0.274 e. The van der Waals surface area contributed by atoms with Crippen LogP contribution in [0.15, 0.2) is 12.4 Å². The molecule has 2 aliphatic rings. The summed E-state index contributed by atoms with van der Waals surface area (Å²) >= 11 is 0. The fraction of sp³-hybridized carbons (Fsp3) is 0.706. The summed E-state index contributed by atoms with van der Waals surface area (Å²) in [5, 5.41) is 0. The third-order valence-electron chi connectivity index (χ3n) is 4.91. The average Bonchev–Trinajstić information content (AvgIpc) is 2.55. The second-order valence-corrected chi connectivity index (χ2v) is 6.93. The van der Waals surface area contributed by atoms with Crippen molar-refractivity contribution in [1.82, 2.24) is 14.9 Å². The average molecular weight is 302 g/mol. The van der Waals surface area contributed by atoms with Gasteiger partial charge >= 0.3 is 0 Å². The molecule has 0 aromatic carbocycles. The number of anilines is 1. The summed E-state index contributed by atoms with van der Waals surface area (Å²) in [6, 6.07) is 0. The minimum Gasteiger partial charge on any atom is -0.355 e. The maximum Gasteiger partial charge on any atom is 0.274 e. The number of piperidine rings is 2. The van der Waals surface area contributed by atoms with Gasteiger partial charge in [0.15, 0.2) is 0 Å². The van der Waals surface area contributed by atoms with Crippen LogP contribution in [-0.4, -0.2) is 47.0 Å². The molecule has 0 saturated carbocycles. The van der Waals surface area contributed by atoms with Crippen LogP contribution in [0.2, 0.25) is 0 Å². The third-order valence-corrected chi connectivity index (χ3v) is 4.91. The summed E-state index contributed by atoms with van der Waals surface area (Å²) in [6.07, 6.45) is 8.11. The van der Waals surface area contributed by atoms with Gasteiger partial charge in [0.05, 0.1) is 12.4 Å². The van der Waals surface area contributed by atoms with Crippen LogP contribution >= 0.6 is 0 Å². The first kappa shape index (κ1) is 15.3. The molecule has 1 aromatic heterocycles. The highest BCUT2D eigenvalue weighted by Gasteiger charge is 2.23. The molecule has 3 heterocycles. The molecule has 2 aliphatic heterocycles. The molecule has 5 heteroatoms. The first-order valence-corrected chi connectivity index (χ1v) is 8.49. The predicted octanol–water partition coefficient (Wildman–Crippen LogP) is 2.59.